The summed E-state index contributed by atoms with van der Waals surface area (Å²) in [6, 6.07) is 32.0. The van der Waals surface area contributed by atoms with E-state index in [0.29, 0.717) is 0 Å². The van der Waals surface area contributed by atoms with Crippen LogP contribution in [0.5, 0.6) is 0 Å². The van der Waals surface area contributed by atoms with Gasteiger partial charge in [-0.15, -0.1) is 0 Å². The summed E-state index contributed by atoms with van der Waals surface area (Å²) in [5.41, 5.74) is 1.67. The Bertz CT molecular complexity index is 1090. The minimum absolute atomic E-state index is 0.284. The van der Waals surface area contributed by atoms with E-state index in [1.807, 2.05) is 78.9 Å². The van der Waals surface area contributed by atoms with Gasteiger partial charge < -0.3 is 4.89 Å². The molecule has 2 atom stereocenters. The molecule has 0 fully saturated rings. The van der Waals surface area contributed by atoms with Gasteiger partial charge in [0.2, 0.25) is 0 Å². The molecule has 4 heteroatoms. The summed E-state index contributed by atoms with van der Waals surface area (Å²) in [5, 5.41) is 2.46. The molecule has 4 aromatic rings. The van der Waals surface area contributed by atoms with Gasteiger partial charge in [-0.05, 0) is 40.1 Å². The molecular formula is C23H19O3P. The molecule has 0 aliphatic heterocycles. The molecule has 4 aromatic carbocycles. The van der Waals surface area contributed by atoms with Gasteiger partial charge in [0.05, 0.1) is 5.30 Å². The molecule has 0 saturated heterocycles. The Morgan fingerprint density at radius 1 is 0.667 bits per heavy atom. The van der Waals surface area contributed by atoms with Gasteiger partial charge >= 0.3 is 7.60 Å². The van der Waals surface area contributed by atoms with Crippen LogP contribution >= 0.6 is 7.60 Å². The zero-order valence-corrected chi connectivity index (χ0v) is 15.5. The van der Waals surface area contributed by atoms with E-state index in [1.54, 1.807) is 24.3 Å². The highest BCUT2D eigenvalue weighted by Crippen LogP contribution is 2.47. The zero-order chi connectivity index (χ0) is 18.7. The summed E-state index contributed by atoms with van der Waals surface area (Å²) < 4.78 is 18.8. The molecule has 4 rings (SSSR count). The second-order valence-corrected chi connectivity index (χ2v) is 8.13. The van der Waals surface area contributed by atoms with Gasteiger partial charge in [0, 0.05) is 0 Å². The molecule has 3 nitrogen and oxygen atoms in total. The number of rotatable bonds is 5. The Morgan fingerprint density at radius 2 is 1.26 bits per heavy atom. The first-order valence-corrected chi connectivity index (χ1v) is 10.3. The first-order valence-electron chi connectivity index (χ1n) is 8.74. The fourth-order valence-electron chi connectivity index (χ4n) is 3.13. The van der Waals surface area contributed by atoms with Crippen molar-refractivity contribution in [1.82, 2.24) is 0 Å². The lowest BCUT2D eigenvalue weighted by Gasteiger charge is -2.23. The lowest BCUT2D eigenvalue weighted by Crippen LogP contribution is -2.12. The van der Waals surface area contributed by atoms with Gasteiger partial charge in [0.25, 0.3) is 0 Å². The fraction of sp³-hybridized carbons (Fsp3) is 0.0435. The monoisotopic (exact) mass is 374 g/mol. The molecule has 0 radical (unpaired) electrons. The third-order valence-corrected chi connectivity index (χ3v) is 5.96. The minimum atomic E-state index is -3.99. The van der Waals surface area contributed by atoms with Crippen LogP contribution in [-0.2, 0) is 9.09 Å². The third-order valence-electron chi connectivity index (χ3n) is 4.51. The molecular weight excluding hydrogens is 355 g/mol. The predicted molar refractivity (Wildman–Crippen MR) is 109 cm³/mol. The first-order chi connectivity index (χ1) is 13.1. The number of fused-ring (bicyclic) bond motifs is 1. The van der Waals surface area contributed by atoms with E-state index in [-0.39, 0.29) is 5.30 Å². The molecule has 1 N–H and O–H groups in total. The van der Waals surface area contributed by atoms with Gasteiger partial charge in [-0.2, -0.15) is 0 Å². The van der Waals surface area contributed by atoms with Crippen molar-refractivity contribution in [3.63, 3.8) is 0 Å². The minimum Gasteiger partial charge on any atom is -0.321 e. The largest absolute Gasteiger partial charge is 0.359 e. The van der Waals surface area contributed by atoms with Crippen molar-refractivity contribution >= 4 is 23.7 Å². The van der Waals surface area contributed by atoms with Crippen molar-refractivity contribution in [2.24, 2.45) is 0 Å². The fourth-order valence-corrected chi connectivity index (χ4v) is 4.33. The molecule has 0 saturated carbocycles. The molecule has 0 aromatic heterocycles. The topological polar surface area (TPSA) is 46.5 Å². The molecule has 0 spiro atoms. The van der Waals surface area contributed by atoms with Crippen LogP contribution in [0.25, 0.3) is 10.8 Å². The summed E-state index contributed by atoms with van der Waals surface area (Å²) in [6.07, 6.45) is -0.646. The maximum Gasteiger partial charge on any atom is 0.359 e. The lowest BCUT2D eigenvalue weighted by atomic mass is 9.99. The van der Waals surface area contributed by atoms with Crippen LogP contribution in [0.15, 0.2) is 103 Å². The highest BCUT2D eigenvalue weighted by molar-refractivity contribution is 7.61. The van der Waals surface area contributed by atoms with E-state index in [1.165, 1.54) is 0 Å². The number of benzene rings is 4. The van der Waals surface area contributed by atoms with E-state index >= 15 is 0 Å². The van der Waals surface area contributed by atoms with Gasteiger partial charge in [0.15, 0.2) is 0 Å². The van der Waals surface area contributed by atoms with Gasteiger partial charge in [-0.25, -0.2) is 0 Å². The molecule has 134 valence electrons. The van der Waals surface area contributed by atoms with Crippen molar-refractivity contribution in [3.8, 4) is 0 Å². The van der Waals surface area contributed by atoms with E-state index in [4.69, 9.17) is 4.52 Å². The van der Waals surface area contributed by atoms with E-state index in [2.05, 4.69) is 0 Å². The summed E-state index contributed by atoms with van der Waals surface area (Å²) >= 11 is 0. The predicted octanol–water partition coefficient (Wildman–Crippen LogP) is 5.46. The quantitative estimate of drug-likeness (QED) is 0.472. The Kier molecular flexibility index (Phi) is 4.91. The van der Waals surface area contributed by atoms with Crippen LogP contribution in [0.1, 0.15) is 17.2 Å². The van der Waals surface area contributed by atoms with Crippen molar-refractivity contribution in [2.45, 2.75) is 6.10 Å². The number of hydrogen-bond donors (Lipinski definition) is 1. The van der Waals surface area contributed by atoms with Crippen LogP contribution in [-0.4, -0.2) is 4.89 Å². The van der Waals surface area contributed by atoms with Crippen molar-refractivity contribution < 1.29 is 14.0 Å². The summed E-state index contributed by atoms with van der Waals surface area (Å²) in [6.45, 7) is 0. The lowest BCUT2D eigenvalue weighted by molar-refractivity contribution is 0.215. The first kappa shape index (κ1) is 17.7. The van der Waals surface area contributed by atoms with Crippen molar-refractivity contribution in [3.05, 3.63) is 114 Å². The second kappa shape index (κ2) is 7.50. The van der Waals surface area contributed by atoms with E-state index in [9.17, 15) is 9.46 Å². The smallest absolute Gasteiger partial charge is 0.321 e. The highest BCUT2D eigenvalue weighted by atomic mass is 31.2. The van der Waals surface area contributed by atoms with Gasteiger partial charge in [-0.1, -0.05) is 84.9 Å². The molecule has 0 bridgehead atoms. The van der Waals surface area contributed by atoms with Crippen LogP contribution in [0.4, 0.5) is 0 Å². The molecule has 27 heavy (non-hydrogen) atoms. The van der Waals surface area contributed by atoms with Gasteiger partial charge in [0.1, 0.15) is 6.10 Å². The molecule has 2 unspecified atom stereocenters. The summed E-state index contributed by atoms with van der Waals surface area (Å²) in [4.78, 5) is 10.6. The van der Waals surface area contributed by atoms with Crippen LogP contribution in [0.3, 0.4) is 0 Å². The Labute approximate surface area is 158 Å². The van der Waals surface area contributed by atoms with Crippen LogP contribution in [0, 0.1) is 0 Å². The molecule has 0 amide bonds. The normalized spacial score (nSPS) is 14.6. The van der Waals surface area contributed by atoms with E-state index < -0.39 is 13.7 Å². The SMILES string of the molecule is O=P(O)(OC(c1ccccc1)c1ccc2ccccc2c1)c1ccccc1. The zero-order valence-electron chi connectivity index (χ0n) is 14.6. The van der Waals surface area contributed by atoms with Gasteiger partial charge in [-0.3, -0.25) is 9.09 Å². The average molecular weight is 374 g/mol. The summed E-state index contributed by atoms with van der Waals surface area (Å²) in [7, 11) is -3.99. The average Bonchev–Trinajstić information content (AvgIpc) is 2.73. The maximum atomic E-state index is 13.0. The Morgan fingerprint density at radius 3 is 1.96 bits per heavy atom. The number of hydrogen-bond acceptors (Lipinski definition) is 2. The molecule has 0 aliphatic rings. The highest BCUT2D eigenvalue weighted by Gasteiger charge is 2.29. The van der Waals surface area contributed by atoms with Crippen molar-refractivity contribution in [1.29, 1.82) is 0 Å². The van der Waals surface area contributed by atoms with Crippen LogP contribution < -0.4 is 5.30 Å². The maximum absolute atomic E-state index is 13.0. The molecule has 0 heterocycles. The summed E-state index contributed by atoms with van der Waals surface area (Å²) in [5.74, 6) is 0. The van der Waals surface area contributed by atoms with Crippen molar-refractivity contribution in [2.75, 3.05) is 0 Å². The third kappa shape index (κ3) is 3.86. The van der Waals surface area contributed by atoms with E-state index in [0.717, 1.165) is 21.9 Å². The Balaban J connectivity index is 1.78. The Hall–Kier alpha value is -2.71. The second-order valence-electron chi connectivity index (χ2n) is 6.36. The molecule has 0 aliphatic carbocycles. The van der Waals surface area contributed by atoms with Crippen LogP contribution in [0.2, 0.25) is 0 Å². The standard InChI is InChI=1S/C23H19O3P/c24-27(25,22-13-5-2-6-14-22)26-23(19-10-3-1-4-11-19)21-16-15-18-9-7-8-12-20(18)17-21/h1-17,23H,(H,24,25).